The van der Waals surface area contributed by atoms with Gasteiger partial charge in [-0.25, -0.2) is 4.98 Å². The summed E-state index contributed by atoms with van der Waals surface area (Å²) in [5.74, 6) is 0.865. The van der Waals surface area contributed by atoms with Crippen molar-refractivity contribution >= 4 is 35.6 Å². The summed E-state index contributed by atoms with van der Waals surface area (Å²) in [5.41, 5.74) is 2.24. The molecule has 156 valence electrons. The van der Waals surface area contributed by atoms with Gasteiger partial charge in [-0.2, -0.15) is 0 Å². The third-order valence-corrected chi connectivity index (χ3v) is 5.56. The zero-order valence-corrected chi connectivity index (χ0v) is 19.2. The first-order chi connectivity index (χ1) is 13.2. The predicted octanol–water partition coefficient (Wildman–Crippen LogP) is 3.38. The molecule has 3 N–H and O–H groups in total. The minimum Gasteiger partial charge on any atom is -0.396 e. The maximum absolute atomic E-state index is 9.49. The second-order valence-corrected chi connectivity index (χ2v) is 7.60. The van der Waals surface area contributed by atoms with Gasteiger partial charge in [0.2, 0.25) is 0 Å². The third-order valence-electron chi connectivity index (χ3n) is 5.56. The molecule has 2 aromatic heterocycles. The van der Waals surface area contributed by atoms with Crippen molar-refractivity contribution in [1.82, 2.24) is 20.0 Å². The van der Waals surface area contributed by atoms with Crippen LogP contribution in [0.4, 0.5) is 0 Å². The molecular formula is C21H34IN5O. The van der Waals surface area contributed by atoms with Crippen molar-refractivity contribution in [3.05, 3.63) is 36.3 Å². The highest BCUT2D eigenvalue weighted by Crippen LogP contribution is 2.39. The van der Waals surface area contributed by atoms with E-state index in [0.29, 0.717) is 0 Å². The van der Waals surface area contributed by atoms with Gasteiger partial charge < -0.3 is 20.1 Å². The van der Waals surface area contributed by atoms with Gasteiger partial charge in [-0.3, -0.25) is 4.99 Å². The molecule has 0 bridgehead atoms. The van der Waals surface area contributed by atoms with E-state index in [9.17, 15) is 5.11 Å². The van der Waals surface area contributed by atoms with Crippen LogP contribution in [-0.2, 0) is 6.42 Å². The van der Waals surface area contributed by atoms with Crippen LogP contribution in [0, 0.1) is 5.41 Å². The van der Waals surface area contributed by atoms with Crippen LogP contribution >= 0.6 is 24.0 Å². The summed E-state index contributed by atoms with van der Waals surface area (Å²) in [5, 5.41) is 16.3. The van der Waals surface area contributed by atoms with E-state index >= 15 is 0 Å². The van der Waals surface area contributed by atoms with Gasteiger partial charge in [0.15, 0.2) is 5.96 Å². The molecule has 0 spiro atoms. The van der Waals surface area contributed by atoms with Crippen LogP contribution < -0.4 is 10.6 Å². The van der Waals surface area contributed by atoms with Crippen molar-refractivity contribution in [3.63, 3.8) is 0 Å². The normalized spacial score (nSPS) is 16.6. The van der Waals surface area contributed by atoms with Crippen LogP contribution in [0.15, 0.2) is 35.6 Å². The first-order valence-corrected chi connectivity index (χ1v) is 10.3. The van der Waals surface area contributed by atoms with Crippen LogP contribution in [0.3, 0.4) is 0 Å². The quantitative estimate of drug-likeness (QED) is 0.296. The second-order valence-electron chi connectivity index (χ2n) is 7.60. The number of imidazole rings is 1. The Balaban J connectivity index is 0.00000280. The highest BCUT2D eigenvalue weighted by atomic mass is 127. The molecule has 1 saturated carbocycles. The first-order valence-electron chi connectivity index (χ1n) is 10.3. The summed E-state index contributed by atoms with van der Waals surface area (Å²) in [6.07, 6.45) is 12.0. The van der Waals surface area contributed by atoms with Crippen LogP contribution in [0.2, 0.25) is 0 Å². The highest BCUT2D eigenvalue weighted by molar-refractivity contribution is 14.0. The molecule has 0 atom stereocenters. The molecule has 2 heterocycles. The number of halogens is 1. The van der Waals surface area contributed by atoms with E-state index in [0.717, 1.165) is 49.8 Å². The van der Waals surface area contributed by atoms with E-state index in [4.69, 9.17) is 4.99 Å². The molecule has 0 saturated heterocycles. The molecule has 7 heteroatoms. The summed E-state index contributed by atoms with van der Waals surface area (Å²) >= 11 is 0. The number of aliphatic hydroxyl groups excluding tert-OH is 1. The fourth-order valence-electron chi connectivity index (χ4n) is 4.03. The molecule has 28 heavy (non-hydrogen) atoms. The predicted molar refractivity (Wildman–Crippen MR) is 126 cm³/mol. The summed E-state index contributed by atoms with van der Waals surface area (Å²) in [4.78, 5) is 9.50. The Kier molecular flexibility index (Phi) is 9.50. The second kappa shape index (κ2) is 11.6. The van der Waals surface area contributed by atoms with Crippen LogP contribution in [0.25, 0.3) is 5.65 Å². The Morgan fingerprint density at radius 3 is 2.79 bits per heavy atom. The van der Waals surface area contributed by atoms with Crippen molar-refractivity contribution in [2.45, 2.75) is 51.9 Å². The molecule has 2 aromatic rings. The van der Waals surface area contributed by atoms with Gasteiger partial charge in [-0.1, -0.05) is 25.3 Å². The van der Waals surface area contributed by atoms with Crippen molar-refractivity contribution in [3.8, 4) is 0 Å². The number of aliphatic hydroxyl groups is 1. The summed E-state index contributed by atoms with van der Waals surface area (Å²) < 4.78 is 2.05. The first kappa shape index (κ1) is 22.9. The molecule has 0 amide bonds. The van der Waals surface area contributed by atoms with E-state index in [1.54, 1.807) is 0 Å². The van der Waals surface area contributed by atoms with Crippen LogP contribution in [0.1, 0.15) is 51.1 Å². The van der Waals surface area contributed by atoms with Crippen LogP contribution in [0.5, 0.6) is 0 Å². The van der Waals surface area contributed by atoms with Crippen LogP contribution in [-0.4, -0.2) is 46.7 Å². The van der Waals surface area contributed by atoms with E-state index < -0.39 is 0 Å². The number of hydrogen-bond acceptors (Lipinski definition) is 3. The minimum atomic E-state index is 0. The largest absolute Gasteiger partial charge is 0.396 e. The average molecular weight is 499 g/mol. The van der Waals surface area contributed by atoms with Crippen molar-refractivity contribution in [2.24, 2.45) is 10.4 Å². The fraction of sp³-hybridized carbons (Fsp3) is 0.619. The molecule has 6 nitrogen and oxygen atoms in total. The number of nitrogens with zero attached hydrogens (tertiary/aromatic N) is 3. The lowest BCUT2D eigenvalue weighted by Gasteiger charge is -2.35. The maximum atomic E-state index is 9.49. The Morgan fingerprint density at radius 1 is 1.25 bits per heavy atom. The standard InChI is InChI=1S/C21H33N5O.HI/c1-2-22-20(24-17-21(12-15-27)10-5-3-6-11-21)23-13-9-18-16-26-14-7-4-8-19(26)25-18;/h4,7-8,14,16,27H,2-3,5-6,9-13,15,17H2,1H3,(H2,22,23,24);1H. The van der Waals surface area contributed by atoms with Gasteiger partial charge >= 0.3 is 0 Å². The van der Waals surface area contributed by atoms with E-state index in [1.807, 2.05) is 24.4 Å². The van der Waals surface area contributed by atoms with E-state index in [1.165, 1.54) is 32.1 Å². The fourth-order valence-corrected chi connectivity index (χ4v) is 4.03. The Labute approximate surface area is 185 Å². The lowest BCUT2D eigenvalue weighted by Crippen LogP contribution is -2.40. The van der Waals surface area contributed by atoms with Crippen molar-refractivity contribution in [1.29, 1.82) is 0 Å². The zero-order valence-electron chi connectivity index (χ0n) is 16.9. The molecule has 0 aromatic carbocycles. The maximum Gasteiger partial charge on any atom is 0.191 e. The molecule has 1 aliphatic rings. The molecular weight excluding hydrogens is 465 g/mol. The molecule has 1 fully saturated rings. The molecule has 1 aliphatic carbocycles. The average Bonchev–Trinajstić information content (AvgIpc) is 3.10. The summed E-state index contributed by atoms with van der Waals surface area (Å²) in [7, 11) is 0. The molecule has 0 aliphatic heterocycles. The number of fused-ring (bicyclic) bond motifs is 1. The van der Waals surface area contributed by atoms with Gasteiger partial charge in [-0.05, 0) is 43.7 Å². The summed E-state index contributed by atoms with van der Waals surface area (Å²) in [6, 6.07) is 6.04. The van der Waals surface area contributed by atoms with Gasteiger partial charge in [0.1, 0.15) is 5.65 Å². The SMILES string of the molecule is CCNC(=NCC1(CCO)CCCCC1)NCCc1cn2ccccc2n1.I. The van der Waals surface area contributed by atoms with Crippen molar-refractivity contribution < 1.29 is 5.11 Å². The lowest BCUT2D eigenvalue weighted by atomic mass is 9.72. The number of hydrogen-bond donors (Lipinski definition) is 3. The van der Waals surface area contributed by atoms with Gasteiger partial charge in [0.05, 0.1) is 5.69 Å². The molecule has 0 radical (unpaired) electrons. The number of aromatic nitrogens is 2. The molecule has 0 unspecified atom stereocenters. The van der Waals surface area contributed by atoms with E-state index in [2.05, 4.69) is 33.1 Å². The zero-order chi connectivity index (χ0) is 19.0. The third kappa shape index (κ3) is 6.34. The number of rotatable bonds is 8. The number of pyridine rings is 1. The van der Waals surface area contributed by atoms with Crippen molar-refractivity contribution in [2.75, 3.05) is 26.2 Å². The number of nitrogens with one attached hydrogen (secondary N) is 2. The topological polar surface area (TPSA) is 74.0 Å². The highest BCUT2D eigenvalue weighted by Gasteiger charge is 2.31. The lowest BCUT2D eigenvalue weighted by molar-refractivity contribution is 0.137. The summed E-state index contributed by atoms with van der Waals surface area (Å²) in [6.45, 7) is 4.77. The Bertz CT molecular complexity index is 701. The smallest absolute Gasteiger partial charge is 0.191 e. The van der Waals surface area contributed by atoms with Gasteiger partial charge in [-0.15, -0.1) is 24.0 Å². The Morgan fingerprint density at radius 2 is 2.07 bits per heavy atom. The van der Waals surface area contributed by atoms with Gasteiger partial charge in [0.25, 0.3) is 0 Å². The number of guanidine groups is 1. The number of aliphatic imine (C=N–C) groups is 1. The van der Waals surface area contributed by atoms with E-state index in [-0.39, 0.29) is 36.0 Å². The van der Waals surface area contributed by atoms with Gasteiger partial charge in [0, 0.05) is 45.1 Å². The Hall–Kier alpha value is -1.35. The minimum absolute atomic E-state index is 0. The molecule has 3 rings (SSSR count). The monoisotopic (exact) mass is 499 g/mol.